The molecule has 15 heavy (non-hydrogen) atoms. The van der Waals surface area contributed by atoms with Gasteiger partial charge < -0.3 is 10.2 Å². The molecule has 2 unspecified atom stereocenters. The Hall–Kier alpha value is -0.860. The first kappa shape index (κ1) is 10.7. The molecule has 1 heterocycles. The smallest absolute Gasteiger partial charge is 0.0261 e. The van der Waals surface area contributed by atoms with Gasteiger partial charge in [-0.25, -0.2) is 0 Å². The summed E-state index contributed by atoms with van der Waals surface area (Å²) >= 11 is 0. The molecule has 1 aliphatic rings. The number of rotatable bonds is 2. The highest BCUT2D eigenvalue weighted by Gasteiger charge is 2.24. The summed E-state index contributed by atoms with van der Waals surface area (Å²) in [6.07, 6.45) is 1.13. The third-order valence-corrected chi connectivity index (χ3v) is 3.45. The fourth-order valence-corrected chi connectivity index (χ4v) is 2.22. The maximum Gasteiger partial charge on any atom is 0.0261 e. The second-order valence-electron chi connectivity index (χ2n) is 4.47. The van der Waals surface area contributed by atoms with Gasteiger partial charge in [-0.2, -0.15) is 0 Å². The van der Waals surface area contributed by atoms with E-state index in [1.54, 1.807) is 0 Å². The Morgan fingerprint density at radius 2 is 2.07 bits per heavy atom. The van der Waals surface area contributed by atoms with Crippen LogP contribution in [-0.2, 0) is 6.42 Å². The largest absolute Gasteiger partial charge is 0.311 e. The van der Waals surface area contributed by atoms with Crippen LogP contribution in [0.1, 0.15) is 12.5 Å². The van der Waals surface area contributed by atoms with E-state index in [0.717, 1.165) is 19.5 Å². The molecule has 0 spiro atoms. The minimum Gasteiger partial charge on any atom is -0.311 e. The Kier molecular flexibility index (Phi) is 3.39. The van der Waals surface area contributed by atoms with Crippen molar-refractivity contribution in [3.05, 3.63) is 35.9 Å². The Bertz CT molecular complexity index is 297. The summed E-state index contributed by atoms with van der Waals surface area (Å²) in [4.78, 5) is 2.43. The van der Waals surface area contributed by atoms with E-state index >= 15 is 0 Å². The zero-order chi connectivity index (χ0) is 10.7. The number of nitrogens with one attached hydrogen (secondary N) is 1. The molecule has 0 bridgehead atoms. The van der Waals surface area contributed by atoms with Crippen LogP contribution in [-0.4, -0.2) is 37.1 Å². The molecule has 1 aromatic carbocycles. The number of hydrogen-bond donors (Lipinski definition) is 1. The number of benzene rings is 1. The molecule has 2 nitrogen and oxygen atoms in total. The monoisotopic (exact) mass is 204 g/mol. The van der Waals surface area contributed by atoms with Gasteiger partial charge in [0.2, 0.25) is 0 Å². The predicted molar refractivity (Wildman–Crippen MR) is 64.0 cm³/mol. The summed E-state index contributed by atoms with van der Waals surface area (Å²) < 4.78 is 0. The van der Waals surface area contributed by atoms with Crippen LogP contribution < -0.4 is 5.32 Å². The SMILES string of the molecule is CC1C(Cc2ccccc2)NCCN1C. The number of likely N-dealkylation sites (N-methyl/N-ethyl adjacent to an activating group) is 1. The van der Waals surface area contributed by atoms with Gasteiger partial charge in [-0.1, -0.05) is 30.3 Å². The molecule has 0 saturated carbocycles. The average molecular weight is 204 g/mol. The molecular weight excluding hydrogens is 184 g/mol. The van der Waals surface area contributed by atoms with Crippen molar-refractivity contribution in [2.75, 3.05) is 20.1 Å². The molecule has 1 aromatic rings. The van der Waals surface area contributed by atoms with Crippen molar-refractivity contribution < 1.29 is 0 Å². The van der Waals surface area contributed by atoms with E-state index in [0.29, 0.717) is 12.1 Å². The molecule has 0 aromatic heterocycles. The highest BCUT2D eigenvalue weighted by molar-refractivity contribution is 5.16. The van der Waals surface area contributed by atoms with Gasteiger partial charge in [0, 0.05) is 25.2 Å². The molecule has 1 aliphatic heterocycles. The van der Waals surface area contributed by atoms with Crippen LogP contribution in [0.4, 0.5) is 0 Å². The summed E-state index contributed by atoms with van der Waals surface area (Å²) in [5.41, 5.74) is 1.43. The third kappa shape index (κ3) is 2.58. The minimum absolute atomic E-state index is 0.589. The van der Waals surface area contributed by atoms with Crippen molar-refractivity contribution in [2.45, 2.75) is 25.4 Å². The Morgan fingerprint density at radius 1 is 1.33 bits per heavy atom. The van der Waals surface area contributed by atoms with Gasteiger partial charge in [-0.15, -0.1) is 0 Å². The lowest BCUT2D eigenvalue weighted by molar-refractivity contribution is 0.163. The van der Waals surface area contributed by atoms with Gasteiger partial charge in [-0.3, -0.25) is 0 Å². The zero-order valence-corrected chi connectivity index (χ0v) is 9.61. The lowest BCUT2D eigenvalue weighted by atomic mass is 9.98. The van der Waals surface area contributed by atoms with Gasteiger partial charge in [0.25, 0.3) is 0 Å². The van der Waals surface area contributed by atoms with E-state index in [2.05, 4.69) is 54.5 Å². The molecule has 0 amide bonds. The third-order valence-electron chi connectivity index (χ3n) is 3.45. The summed E-state index contributed by atoms with van der Waals surface area (Å²) in [6.45, 7) is 4.57. The molecule has 82 valence electrons. The summed E-state index contributed by atoms with van der Waals surface area (Å²) in [5, 5.41) is 3.61. The van der Waals surface area contributed by atoms with Crippen LogP contribution in [0.25, 0.3) is 0 Å². The first-order chi connectivity index (χ1) is 7.27. The first-order valence-corrected chi connectivity index (χ1v) is 5.75. The van der Waals surface area contributed by atoms with E-state index in [9.17, 15) is 0 Å². The van der Waals surface area contributed by atoms with Crippen LogP contribution in [0.3, 0.4) is 0 Å². The zero-order valence-electron chi connectivity index (χ0n) is 9.61. The molecular formula is C13H20N2. The summed E-state index contributed by atoms with van der Waals surface area (Å²) in [5.74, 6) is 0. The molecule has 1 saturated heterocycles. The van der Waals surface area contributed by atoms with Crippen LogP contribution in [0.2, 0.25) is 0 Å². The van der Waals surface area contributed by atoms with E-state index in [1.807, 2.05) is 0 Å². The molecule has 2 rings (SSSR count). The topological polar surface area (TPSA) is 15.3 Å². The van der Waals surface area contributed by atoms with Gasteiger partial charge >= 0.3 is 0 Å². The minimum atomic E-state index is 0.589. The van der Waals surface area contributed by atoms with E-state index in [-0.39, 0.29) is 0 Å². The van der Waals surface area contributed by atoms with Gasteiger partial charge in [0.1, 0.15) is 0 Å². The molecule has 0 radical (unpaired) electrons. The highest BCUT2D eigenvalue weighted by Crippen LogP contribution is 2.12. The maximum absolute atomic E-state index is 3.61. The normalized spacial score (nSPS) is 27.9. The lowest BCUT2D eigenvalue weighted by Gasteiger charge is -2.38. The summed E-state index contributed by atoms with van der Waals surface area (Å²) in [7, 11) is 2.21. The van der Waals surface area contributed by atoms with Crippen LogP contribution in [0.15, 0.2) is 30.3 Å². The average Bonchev–Trinajstić information content (AvgIpc) is 2.26. The molecule has 2 heteroatoms. The Balaban J connectivity index is 1.99. The second kappa shape index (κ2) is 4.77. The Morgan fingerprint density at radius 3 is 2.80 bits per heavy atom. The van der Waals surface area contributed by atoms with E-state index in [4.69, 9.17) is 0 Å². The molecule has 1 N–H and O–H groups in total. The van der Waals surface area contributed by atoms with Crippen LogP contribution in [0, 0.1) is 0 Å². The van der Waals surface area contributed by atoms with Gasteiger partial charge in [0.15, 0.2) is 0 Å². The Labute approximate surface area is 92.3 Å². The van der Waals surface area contributed by atoms with Crippen LogP contribution >= 0.6 is 0 Å². The fourth-order valence-electron chi connectivity index (χ4n) is 2.22. The summed E-state index contributed by atoms with van der Waals surface area (Å²) in [6, 6.07) is 11.9. The van der Waals surface area contributed by atoms with Gasteiger partial charge in [0.05, 0.1) is 0 Å². The number of nitrogens with zero attached hydrogens (tertiary/aromatic N) is 1. The lowest BCUT2D eigenvalue weighted by Crippen LogP contribution is -2.55. The molecule has 2 atom stereocenters. The fraction of sp³-hybridized carbons (Fsp3) is 0.538. The van der Waals surface area contributed by atoms with Crippen LogP contribution in [0.5, 0.6) is 0 Å². The van der Waals surface area contributed by atoms with Crippen molar-refractivity contribution in [3.8, 4) is 0 Å². The van der Waals surface area contributed by atoms with E-state index in [1.165, 1.54) is 5.56 Å². The molecule has 0 aliphatic carbocycles. The van der Waals surface area contributed by atoms with Gasteiger partial charge in [-0.05, 0) is 26.0 Å². The van der Waals surface area contributed by atoms with Crippen molar-refractivity contribution in [1.29, 1.82) is 0 Å². The van der Waals surface area contributed by atoms with E-state index < -0.39 is 0 Å². The first-order valence-electron chi connectivity index (χ1n) is 5.75. The highest BCUT2D eigenvalue weighted by atomic mass is 15.2. The standard InChI is InChI=1S/C13H20N2/c1-11-13(14-8-9-15(11)2)10-12-6-4-3-5-7-12/h3-7,11,13-14H,8-10H2,1-2H3. The number of hydrogen-bond acceptors (Lipinski definition) is 2. The second-order valence-corrected chi connectivity index (χ2v) is 4.47. The van der Waals surface area contributed by atoms with Crippen molar-refractivity contribution in [2.24, 2.45) is 0 Å². The predicted octanol–water partition coefficient (Wildman–Crippen LogP) is 1.52. The molecule has 1 fully saturated rings. The van der Waals surface area contributed by atoms with Crippen molar-refractivity contribution >= 4 is 0 Å². The van der Waals surface area contributed by atoms with Crippen molar-refractivity contribution in [1.82, 2.24) is 10.2 Å². The quantitative estimate of drug-likeness (QED) is 0.786. The van der Waals surface area contributed by atoms with Crippen molar-refractivity contribution in [3.63, 3.8) is 0 Å². The maximum atomic E-state index is 3.61. The number of piperazine rings is 1.